The van der Waals surface area contributed by atoms with E-state index in [1.165, 1.54) is 6.39 Å². The minimum atomic E-state index is -0.905. The summed E-state index contributed by atoms with van der Waals surface area (Å²) in [5.41, 5.74) is 2.44. The summed E-state index contributed by atoms with van der Waals surface area (Å²) in [7, 11) is 0. The van der Waals surface area contributed by atoms with Crippen molar-refractivity contribution in [3.63, 3.8) is 0 Å². The normalized spacial score (nSPS) is 12.1. The summed E-state index contributed by atoms with van der Waals surface area (Å²) in [5.74, 6) is -0.501. The number of carboxylic acid groups (broad SMARTS) is 1. The van der Waals surface area contributed by atoms with Gasteiger partial charge >= 0.3 is 5.97 Å². The second-order valence-electron chi connectivity index (χ2n) is 3.98. The molecule has 6 heteroatoms. The van der Waals surface area contributed by atoms with Crippen LogP contribution in [-0.2, 0) is 4.79 Å². The Hall–Kier alpha value is -2.37. The van der Waals surface area contributed by atoms with Gasteiger partial charge in [0.05, 0.1) is 0 Å². The highest BCUT2D eigenvalue weighted by atomic mass is 16.4. The molecular formula is C12H13N3O3. The molecule has 0 aliphatic carbocycles. The van der Waals surface area contributed by atoms with Crippen molar-refractivity contribution < 1.29 is 14.3 Å². The summed E-state index contributed by atoms with van der Waals surface area (Å²) in [6.07, 6.45) is 1.25. The van der Waals surface area contributed by atoms with Crippen LogP contribution in [0.5, 0.6) is 0 Å². The molecule has 0 saturated heterocycles. The summed E-state index contributed by atoms with van der Waals surface area (Å²) < 4.78 is 5.10. The Morgan fingerprint density at radius 2 is 2.28 bits per heavy atom. The summed E-state index contributed by atoms with van der Waals surface area (Å²) in [6, 6.07) is 4.85. The molecule has 0 spiro atoms. The van der Waals surface area contributed by atoms with Crippen molar-refractivity contribution in [3.05, 3.63) is 30.2 Å². The molecule has 0 radical (unpaired) electrons. The lowest BCUT2D eigenvalue weighted by molar-refractivity contribution is -0.137. The Labute approximate surface area is 104 Å². The van der Waals surface area contributed by atoms with Gasteiger partial charge in [-0.15, -0.1) is 10.2 Å². The third-order valence-electron chi connectivity index (χ3n) is 2.59. The molecule has 0 saturated carbocycles. The number of nitrogens with one attached hydrogen (secondary N) is 1. The molecular weight excluding hydrogens is 234 g/mol. The standard InChI is InChI=1S/C12H13N3O3/c1-7-3-4-9(11-15-13-6-18-11)5-10(7)14-8(2)12(16)17/h3-6,8,14H,1-2H3,(H,16,17). The first-order valence-electron chi connectivity index (χ1n) is 5.44. The number of aryl methyl sites for hydroxylation is 1. The maximum Gasteiger partial charge on any atom is 0.325 e. The van der Waals surface area contributed by atoms with E-state index < -0.39 is 12.0 Å². The molecule has 1 aromatic carbocycles. The molecule has 1 unspecified atom stereocenters. The Morgan fingerprint density at radius 3 is 2.89 bits per heavy atom. The van der Waals surface area contributed by atoms with Gasteiger partial charge in [-0.1, -0.05) is 6.07 Å². The van der Waals surface area contributed by atoms with Gasteiger partial charge < -0.3 is 14.8 Å². The number of carboxylic acids is 1. The molecule has 94 valence electrons. The molecule has 2 N–H and O–H groups in total. The average molecular weight is 247 g/mol. The molecule has 2 rings (SSSR count). The number of aliphatic carboxylic acids is 1. The van der Waals surface area contributed by atoms with E-state index in [4.69, 9.17) is 9.52 Å². The number of benzene rings is 1. The molecule has 0 fully saturated rings. The third kappa shape index (κ3) is 2.48. The number of hydrogen-bond donors (Lipinski definition) is 2. The first kappa shape index (κ1) is 12.1. The van der Waals surface area contributed by atoms with Crippen molar-refractivity contribution in [2.45, 2.75) is 19.9 Å². The maximum atomic E-state index is 10.8. The van der Waals surface area contributed by atoms with Crippen LogP contribution in [0, 0.1) is 6.92 Å². The monoisotopic (exact) mass is 247 g/mol. The molecule has 18 heavy (non-hydrogen) atoms. The minimum Gasteiger partial charge on any atom is -0.480 e. The molecule has 1 aromatic heterocycles. The molecule has 6 nitrogen and oxygen atoms in total. The summed E-state index contributed by atoms with van der Waals surface area (Å²) in [6.45, 7) is 3.48. The van der Waals surface area contributed by atoms with Gasteiger partial charge in [0.2, 0.25) is 12.3 Å². The zero-order chi connectivity index (χ0) is 13.1. The van der Waals surface area contributed by atoms with Gasteiger partial charge in [-0.05, 0) is 31.5 Å². The van der Waals surface area contributed by atoms with E-state index in [1.807, 2.05) is 19.1 Å². The smallest absolute Gasteiger partial charge is 0.325 e. The van der Waals surface area contributed by atoms with Crippen LogP contribution in [0.1, 0.15) is 12.5 Å². The molecule has 2 aromatic rings. The van der Waals surface area contributed by atoms with Crippen molar-refractivity contribution >= 4 is 11.7 Å². The second kappa shape index (κ2) is 4.87. The molecule has 0 amide bonds. The molecule has 1 heterocycles. The Morgan fingerprint density at radius 1 is 1.50 bits per heavy atom. The first-order valence-corrected chi connectivity index (χ1v) is 5.44. The van der Waals surface area contributed by atoms with Crippen LogP contribution >= 0.6 is 0 Å². The van der Waals surface area contributed by atoms with E-state index in [2.05, 4.69) is 15.5 Å². The number of anilines is 1. The van der Waals surface area contributed by atoms with Gasteiger partial charge in [-0.3, -0.25) is 4.79 Å². The number of carbonyl (C=O) groups is 1. The number of nitrogens with zero attached hydrogens (tertiary/aromatic N) is 2. The van der Waals surface area contributed by atoms with Gasteiger partial charge in [0.1, 0.15) is 6.04 Å². The quantitative estimate of drug-likeness (QED) is 0.858. The van der Waals surface area contributed by atoms with Crippen molar-refractivity contribution in [2.24, 2.45) is 0 Å². The first-order chi connectivity index (χ1) is 8.58. The van der Waals surface area contributed by atoms with Crippen LogP contribution in [0.25, 0.3) is 11.5 Å². The number of rotatable bonds is 4. The van der Waals surface area contributed by atoms with Crippen molar-refractivity contribution in [1.29, 1.82) is 0 Å². The third-order valence-corrected chi connectivity index (χ3v) is 2.59. The fourth-order valence-electron chi connectivity index (χ4n) is 1.50. The lowest BCUT2D eigenvalue weighted by atomic mass is 10.1. The summed E-state index contributed by atoms with van der Waals surface area (Å²) in [4.78, 5) is 10.8. The zero-order valence-electron chi connectivity index (χ0n) is 10.0. The fraction of sp³-hybridized carbons (Fsp3) is 0.250. The maximum absolute atomic E-state index is 10.8. The number of hydrogen-bond acceptors (Lipinski definition) is 5. The minimum absolute atomic E-state index is 0.404. The van der Waals surface area contributed by atoms with Crippen LogP contribution in [0.15, 0.2) is 29.0 Å². The van der Waals surface area contributed by atoms with Crippen LogP contribution in [0.2, 0.25) is 0 Å². The lowest BCUT2D eigenvalue weighted by Gasteiger charge is -2.13. The van der Waals surface area contributed by atoms with Crippen molar-refractivity contribution in [1.82, 2.24) is 10.2 Å². The van der Waals surface area contributed by atoms with Crippen LogP contribution in [0.3, 0.4) is 0 Å². The van der Waals surface area contributed by atoms with E-state index in [0.717, 1.165) is 16.8 Å². The predicted molar refractivity (Wildman–Crippen MR) is 65.2 cm³/mol. The Kier molecular flexibility index (Phi) is 3.27. The van der Waals surface area contributed by atoms with E-state index in [0.29, 0.717) is 5.89 Å². The van der Waals surface area contributed by atoms with Gasteiger partial charge in [0.15, 0.2) is 0 Å². The summed E-state index contributed by atoms with van der Waals surface area (Å²) in [5, 5.41) is 19.2. The van der Waals surface area contributed by atoms with Gasteiger partial charge in [0, 0.05) is 11.3 Å². The molecule has 0 aliphatic heterocycles. The highest BCUT2D eigenvalue weighted by Crippen LogP contribution is 2.24. The van der Waals surface area contributed by atoms with Gasteiger partial charge in [0.25, 0.3) is 0 Å². The average Bonchev–Trinajstić information content (AvgIpc) is 2.85. The van der Waals surface area contributed by atoms with E-state index in [1.54, 1.807) is 13.0 Å². The van der Waals surface area contributed by atoms with Crippen LogP contribution in [0.4, 0.5) is 5.69 Å². The van der Waals surface area contributed by atoms with Crippen LogP contribution in [-0.4, -0.2) is 27.3 Å². The highest BCUT2D eigenvalue weighted by molar-refractivity contribution is 5.78. The highest BCUT2D eigenvalue weighted by Gasteiger charge is 2.13. The second-order valence-corrected chi connectivity index (χ2v) is 3.98. The molecule has 0 aliphatic rings. The van der Waals surface area contributed by atoms with E-state index in [9.17, 15) is 4.79 Å². The van der Waals surface area contributed by atoms with Gasteiger partial charge in [-0.25, -0.2) is 0 Å². The Bertz CT molecular complexity index is 552. The lowest BCUT2D eigenvalue weighted by Crippen LogP contribution is -2.25. The predicted octanol–water partition coefficient (Wildman–Crippen LogP) is 1.93. The Balaban J connectivity index is 2.30. The number of aromatic nitrogens is 2. The van der Waals surface area contributed by atoms with Gasteiger partial charge in [-0.2, -0.15) is 0 Å². The SMILES string of the molecule is Cc1ccc(-c2nnco2)cc1NC(C)C(=O)O. The van der Waals surface area contributed by atoms with Crippen molar-refractivity contribution in [3.8, 4) is 11.5 Å². The molecule has 1 atom stereocenters. The van der Waals surface area contributed by atoms with E-state index >= 15 is 0 Å². The largest absolute Gasteiger partial charge is 0.480 e. The topological polar surface area (TPSA) is 88.3 Å². The fourth-order valence-corrected chi connectivity index (χ4v) is 1.50. The summed E-state index contributed by atoms with van der Waals surface area (Å²) >= 11 is 0. The van der Waals surface area contributed by atoms with Crippen LogP contribution < -0.4 is 5.32 Å². The molecule has 0 bridgehead atoms. The zero-order valence-corrected chi connectivity index (χ0v) is 10.0. The van der Waals surface area contributed by atoms with E-state index in [-0.39, 0.29) is 0 Å². The van der Waals surface area contributed by atoms with Crippen molar-refractivity contribution in [2.75, 3.05) is 5.32 Å².